The first-order valence-electron chi connectivity index (χ1n) is 4.15. The maximum atomic E-state index is 12.8. The molecule has 11 heavy (non-hydrogen) atoms. The van der Waals surface area contributed by atoms with Crippen molar-refractivity contribution in [1.82, 2.24) is 4.90 Å². The smallest absolute Gasteiger partial charge is 0.114 e. The molecule has 1 aliphatic heterocycles. The molecule has 1 heterocycles. The van der Waals surface area contributed by atoms with E-state index in [2.05, 4.69) is 0 Å². The van der Waals surface area contributed by atoms with Crippen LogP contribution in [0.5, 0.6) is 0 Å². The van der Waals surface area contributed by atoms with Gasteiger partial charge in [-0.3, -0.25) is 4.90 Å². The van der Waals surface area contributed by atoms with Gasteiger partial charge in [0, 0.05) is 18.6 Å². The highest BCUT2D eigenvalue weighted by atomic mass is 19.1. The summed E-state index contributed by atoms with van der Waals surface area (Å²) in [7, 11) is 0. The van der Waals surface area contributed by atoms with Crippen LogP contribution in [0, 0.1) is 0 Å². The van der Waals surface area contributed by atoms with E-state index in [9.17, 15) is 4.39 Å². The Hall–Kier alpha value is -0.150. The van der Waals surface area contributed by atoms with E-state index in [0.717, 1.165) is 0 Å². The standard InChI is InChI=1S/C8H16FNO/c1-6(2)10-4-7(9)3-8(10)5-11/h6-8,11H,3-5H2,1-2H3. The molecule has 0 saturated carbocycles. The lowest BCUT2D eigenvalue weighted by Gasteiger charge is -2.26. The van der Waals surface area contributed by atoms with Crippen molar-refractivity contribution in [2.45, 2.75) is 38.5 Å². The minimum atomic E-state index is -0.741. The molecule has 1 fully saturated rings. The third-order valence-corrected chi connectivity index (χ3v) is 2.28. The van der Waals surface area contributed by atoms with Crippen molar-refractivity contribution in [3.05, 3.63) is 0 Å². The SMILES string of the molecule is CC(C)N1CC(F)CC1CO. The van der Waals surface area contributed by atoms with Gasteiger partial charge in [0.1, 0.15) is 6.17 Å². The van der Waals surface area contributed by atoms with Crippen LogP contribution in [-0.4, -0.2) is 41.4 Å². The molecule has 0 aliphatic carbocycles. The molecule has 0 aromatic carbocycles. The molecule has 1 N–H and O–H groups in total. The predicted molar refractivity (Wildman–Crippen MR) is 42.2 cm³/mol. The van der Waals surface area contributed by atoms with Gasteiger partial charge in [0.15, 0.2) is 0 Å². The van der Waals surface area contributed by atoms with E-state index in [1.54, 1.807) is 0 Å². The first-order valence-corrected chi connectivity index (χ1v) is 4.15. The van der Waals surface area contributed by atoms with E-state index in [0.29, 0.717) is 19.0 Å². The number of aliphatic hydroxyl groups excluding tert-OH is 1. The summed E-state index contributed by atoms with van der Waals surface area (Å²) in [6, 6.07) is 0.387. The Morgan fingerprint density at radius 3 is 2.64 bits per heavy atom. The molecule has 0 bridgehead atoms. The molecule has 2 nitrogen and oxygen atoms in total. The van der Waals surface area contributed by atoms with E-state index in [4.69, 9.17) is 5.11 Å². The summed E-state index contributed by atoms with van der Waals surface area (Å²) < 4.78 is 12.8. The number of aliphatic hydroxyl groups is 1. The topological polar surface area (TPSA) is 23.5 Å². The zero-order chi connectivity index (χ0) is 8.43. The zero-order valence-corrected chi connectivity index (χ0v) is 7.13. The molecule has 3 heteroatoms. The Balaban J connectivity index is 2.50. The third kappa shape index (κ3) is 1.91. The summed E-state index contributed by atoms with van der Waals surface area (Å²) in [4.78, 5) is 2.02. The lowest BCUT2D eigenvalue weighted by Crippen LogP contribution is -2.37. The second-order valence-corrected chi connectivity index (χ2v) is 3.46. The first-order chi connectivity index (χ1) is 5.15. The van der Waals surface area contributed by atoms with Gasteiger partial charge in [0.2, 0.25) is 0 Å². The molecule has 2 atom stereocenters. The highest BCUT2D eigenvalue weighted by molar-refractivity contribution is 4.86. The molecule has 0 aromatic heterocycles. The molecule has 1 rings (SSSR count). The van der Waals surface area contributed by atoms with Crippen molar-refractivity contribution < 1.29 is 9.50 Å². The van der Waals surface area contributed by atoms with Crippen LogP contribution in [0.4, 0.5) is 4.39 Å². The lowest BCUT2D eigenvalue weighted by atomic mass is 10.2. The van der Waals surface area contributed by atoms with Crippen LogP contribution in [0.1, 0.15) is 20.3 Å². The lowest BCUT2D eigenvalue weighted by molar-refractivity contribution is 0.132. The van der Waals surface area contributed by atoms with Crippen molar-refractivity contribution in [3.63, 3.8) is 0 Å². The fraction of sp³-hybridized carbons (Fsp3) is 1.00. The van der Waals surface area contributed by atoms with Gasteiger partial charge < -0.3 is 5.11 Å². The summed E-state index contributed by atoms with van der Waals surface area (Å²) in [5, 5.41) is 8.89. The van der Waals surface area contributed by atoms with E-state index in [-0.39, 0.29) is 12.6 Å². The van der Waals surface area contributed by atoms with Crippen LogP contribution in [-0.2, 0) is 0 Å². The van der Waals surface area contributed by atoms with Gasteiger partial charge in [-0.15, -0.1) is 0 Å². The summed E-state index contributed by atoms with van der Waals surface area (Å²) in [6.45, 7) is 4.63. The van der Waals surface area contributed by atoms with Crippen molar-refractivity contribution in [3.8, 4) is 0 Å². The van der Waals surface area contributed by atoms with Gasteiger partial charge in [0.05, 0.1) is 6.61 Å². The number of alkyl halides is 1. The number of likely N-dealkylation sites (tertiary alicyclic amines) is 1. The Bertz CT molecular complexity index is 129. The Morgan fingerprint density at radius 1 is 1.64 bits per heavy atom. The van der Waals surface area contributed by atoms with Gasteiger partial charge in [-0.25, -0.2) is 4.39 Å². The van der Waals surface area contributed by atoms with Crippen LogP contribution in [0.25, 0.3) is 0 Å². The molecular weight excluding hydrogens is 145 g/mol. The quantitative estimate of drug-likeness (QED) is 0.647. The fourth-order valence-electron chi connectivity index (χ4n) is 1.69. The predicted octanol–water partition coefficient (Wildman–Crippen LogP) is 0.800. The normalized spacial score (nSPS) is 33.5. The summed E-state index contributed by atoms with van der Waals surface area (Å²) in [5.74, 6) is 0. The summed E-state index contributed by atoms with van der Waals surface area (Å²) >= 11 is 0. The van der Waals surface area contributed by atoms with Gasteiger partial charge >= 0.3 is 0 Å². The number of nitrogens with zero attached hydrogens (tertiary/aromatic N) is 1. The molecule has 0 radical (unpaired) electrons. The summed E-state index contributed by atoms with van der Waals surface area (Å²) in [5.41, 5.74) is 0. The number of rotatable bonds is 2. The van der Waals surface area contributed by atoms with Crippen molar-refractivity contribution in [1.29, 1.82) is 0 Å². The monoisotopic (exact) mass is 161 g/mol. The van der Waals surface area contributed by atoms with Gasteiger partial charge in [-0.1, -0.05) is 0 Å². The second kappa shape index (κ2) is 3.50. The fourth-order valence-corrected chi connectivity index (χ4v) is 1.69. The Kier molecular flexibility index (Phi) is 2.84. The first kappa shape index (κ1) is 8.94. The molecule has 1 aliphatic rings. The average molecular weight is 161 g/mol. The molecule has 0 amide bonds. The largest absolute Gasteiger partial charge is 0.395 e. The van der Waals surface area contributed by atoms with Crippen LogP contribution >= 0.6 is 0 Å². The Morgan fingerprint density at radius 2 is 2.27 bits per heavy atom. The van der Waals surface area contributed by atoms with Crippen molar-refractivity contribution in [2.24, 2.45) is 0 Å². The van der Waals surface area contributed by atoms with Gasteiger partial charge in [-0.2, -0.15) is 0 Å². The maximum Gasteiger partial charge on any atom is 0.114 e. The molecule has 0 aromatic rings. The average Bonchev–Trinajstić information content (AvgIpc) is 2.30. The number of halogens is 1. The van der Waals surface area contributed by atoms with E-state index >= 15 is 0 Å². The van der Waals surface area contributed by atoms with Crippen molar-refractivity contribution >= 4 is 0 Å². The second-order valence-electron chi connectivity index (χ2n) is 3.46. The van der Waals surface area contributed by atoms with Gasteiger partial charge in [-0.05, 0) is 20.3 Å². The maximum absolute atomic E-state index is 12.8. The highest BCUT2D eigenvalue weighted by Crippen LogP contribution is 2.21. The molecule has 66 valence electrons. The minimum absolute atomic E-state index is 0.0463. The van der Waals surface area contributed by atoms with Gasteiger partial charge in [0.25, 0.3) is 0 Å². The third-order valence-electron chi connectivity index (χ3n) is 2.28. The van der Waals surface area contributed by atoms with Crippen LogP contribution < -0.4 is 0 Å². The number of hydrogen-bond donors (Lipinski definition) is 1. The summed E-state index contributed by atoms with van der Waals surface area (Å²) in [6.07, 6.45) is -0.246. The molecular formula is C8H16FNO. The van der Waals surface area contributed by atoms with E-state index in [1.807, 2.05) is 18.7 Å². The molecule has 2 unspecified atom stereocenters. The zero-order valence-electron chi connectivity index (χ0n) is 7.13. The van der Waals surface area contributed by atoms with E-state index in [1.165, 1.54) is 0 Å². The van der Waals surface area contributed by atoms with Crippen LogP contribution in [0.2, 0.25) is 0 Å². The van der Waals surface area contributed by atoms with E-state index < -0.39 is 6.17 Å². The number of hydrogen-bond acceptors (Lipinski definition) is 2. The van der Waals surface area contributed by atoms with Crippen LogP contribution in [0.3, 0.4) is 0 Å². The van der Waals surface area contributed by atoms with Crippen molar-refractivity contribution in [2.75, 3.05) is 13.2 Å². The Labute approximate surface area is 67.0 Å². The van der Waals surface area contributed by atoms with Crippen LogP contribution in [0.15, 0.2) is 0 Å². The minimum Gasteiger partial charge on any atom is -0.395 e. The molecule has 0 spiro atoms. The molecule has 1 saturated heterocycles. The highest BCUT2D eigenvalue weighted by Gasteiger charge is 2.32.